The summed E-state index contributed by atoms with van der Waals surface area (Å²) < 4.78 is 5.43. The van der Waals surface area contributed by atoms with Gasteiger partial charge in [-0.25, -0.2) is 0 Å². The number of hydrogen-bond donors (Lipinski definition) is 2. The highest BCUT2D eigenvalue weighted by molar-refractivity contribution is 14.0. The molecule has 18 heavy (non-hydrogen) atoms. The van der Waals surface area contributed by atoms with Gasteiger partial charge in [0.15, 0.2) is 5.96 Å². The standard InChI is InChI=1S/C12H24N4O.HI/c1-16(2)12(5-7-17-8-6-12)9-14-11(13)15-10-3-4-10;/h10H,3-9H2,1-2H3,(H3,13,14,15);1H. The Hall–Kier alpha value is -0.0800. The first-order valence-corrected chi connectivity index (χ1v) is 6.44. The second-order valence-electron chi connectivity index (χ2n) is 5.35. The molecule has 1 saturated heterocycles. The summed E-state index contributed by atoms with van der Waals surface area (Å²) in [5.74, 6) is 0.597. The Bertz CT molecular complexity index is 286. The van der Waals surface area contributed by atoms with Gasteiger partial charge in [-0.2, -0.15) is 0 Å². The molecular weight excluding hydrogens is 343 g/mol. The van der Waals surface area contributed by atoms with Crippen molar-refractivity contribution in [3.05, 3.63) is 0 Å². The molecule has 0 spiro atoms. The minimum Gasteiger partial charge on any atom is -0.381 e. The average Bonchev–Trinajstić information content (AvgIpc) is 3.11. The van der Waals surface area contributed by atoms with Crippen molar-refractivity contribution >= 4 is 29.9 Å². The predicted molar refractivity (Wildman–Crippen MR) is 84.5 cm³/mol. The van der Waals surface area contributed by atoms with Crippen LogP contribution in [0.3, 0.4) is 0 Å². The van der Waals surface area contributed by atoms with Gasteiger partial charge in [0, 0.05) is 24.8 Å². The minimum atomic E-state index is 0. The van der Waals surface area contributed by atoms with E-state index < -0.39 is 0 Å². The molecule has 1 aliphatic heterocycles. The molecule has 0 amide bonds. The molecule has 0 radical (unpaired) electrons. The Kier molecular flexibility index (Phi) is 6.13. The van der Waals surface area contributed by atoms with Crippen LogP contribution in [0.2, 0.25) is 0 Å². The van der Waals surface area contributed by atoms with Crippen molar-refractivity contribution < 1.29 is 4.74 Å². The number of aliphatic imine (C=N–C) groups is 1. The third-order valence-electron chi connectivity index (χ3n) is 3.85. The summed E-state index contributed by atoms with van der Waals surface area (Å²) in [5.41, 5.74) is 6.00. The summed E-state index contributed by atoms with van der Waals surface area (Å²) in [7, 11) is 4.23. The highest BCUT2D eigenvalue weighted by Crippen LogP contribution is 2.26. The van der Waals surface area contributed by atoms with Crippen molar-refractivity contribution in [2.24, 2.45) is 10.7 Å². The maximum atomic E-state index is 5.88. The van der Waals surface area contributed by atoms with E-state index in [0.717, 1.165) is 32.6 Å². The fraction of sp³-hybridized carbons (Fsp3) is 0.917. The molecule has 1 aliphatic carbocycles. The Balaban J connectivity index is 0.00000162. The van der Waals surface area contributed by atoms with Gasteiger partial charge in [-0.05, 0) is 39.8 Å². The second kappa shape index (κ2) is 6.91. The van der Waals surface area contributed by atoms with Crippen LogP contribution in [-0.2, 0) is 4.74 Å². The van der Waals surface area contributed by atoms with Crippen LogP contribution >= 0.6 is 24.0 Å². The van der Waals surface area contributed by atoms with Crippen molar-refractivity contribution in [1.29, 1.82) is 0 Å². The highest BCUT2D eigenvalue weighted by atomic mass is 127. The molecule has 0 unspecified atom stereocenters. The average molecular weight is 368 g/mol. The van der Waals surface area contributed by atoms with Gasteiger partial charge in [0.05, 0.1) is 6.54 Å². The summed E-state index contributed by atoms with van der Waals surface area (Å²) in [6.07, 6.45) is 4.51. The van der Waals surface area contributed by atoms with Gasteiger partial charge in [0.2, 0.25) is 0 Å². The van der Waals surface area contributed by atoms with Crippen LogP contribution in [0, 0.1) is 0 Å². The molecule has 0 atom stereocenters. The maximum Gasteiger partial charge on any atom is 0.188 e. The van der Waals surface area contributed by atoms with Crippen LogP contribution in [0.1, 0.15) is 25.7 Å². The molecule has 2 fully saturated rings. The van der Waals surface area contributed by atoms with Gasteiger partial charge in [-0.15, -0.1) is 24.0 Å². The first-order chi connectivity index (χ1) is 8.12. The lowest BCUT2D eigenvalue weighted by molar-refractivity contribution is -0.00252. The van der Waals surface area contributed by atoms with Crippen LogP contribution in [0.4, 0.5) is 0 Å². The van der Waals surface area contributed by atoms with Gasteiger partial charge in [-0.3, -0.25) is 4.99 Å². The van der Waals surface area contributed by atoms with Crippen LogP contribution in [0.5, 0.6) is 0 Å². The number of rotatable bonds is 4. The minimum absolute atomic E-state index is 0. The molecule has 2 rings (SSSR count). The number of nitrogens with zero attached hydrogens (tertiary/aromatic N) is 2. The largest absolute Gasteiger partial charge is 0.381 e. The quantitative estimate of drug-likeness (QED) is 0.438. The lowest BCUT2D eigenvalue weighted by atomic mass is 9.89. The molecule has 106 valence electrons. The van der Waals surface area contributed by atoms with Gasteiger partial charge >= 0.3 is 0 Å². The Morgan fingerprint density at radius 2 is 2.00 bits per heavy atom. The Morgan fingerprint density at radius 1 is 1.39 bits per heavy atom. The van der Waals surface area contributed by atoms with Crippen LogP contribution in [0.25, 0.3) is 0 Å². The number of ether oxygens (including phenoxy) is 1. The highest BCUT2D eigenvalue weighted by Gasteiger charge is 2.34. The lowest BCUT2D eigenvalue weighted by Gasteiger charge is -2.41. The van der Waals surface area contributed by atoms with Crippen LogP contribution in [-0.4, -0.2) is 56.3 Å². The molecular formula is C12H25IN4O. The second-order valence-corrected chi connectivity index (χ2v) is 5.35. The van der Waals surface area contributed by atoms with E-state index in [4.69, 9.17) is 10.5 Å². The summed E-state index contributed by atoms with van der Waals surface area (Å²) in [5, 5.41) is 3.23. The van der Waals surface area contributed by atoms with E-state index in [-0.39, 0.29) is 29.5 Å². The molecule has 3 N–H and O–H groups in total. The first kappa shape index (κ1) is 16.0. The topological polar surface area (TPSA) is 62.9 Å². The smallest absolute Gasteiger partial charge is 0.188 e. The first-order valence-electron chi connectivity index (χ1n) is 6.44. The molecule has 1 saturated carbocycles. The molecule has 6 heteroatoms. The molecule has 0 aromatic carbocycles. The molecule has 0 aromatic rings. The summed E-state index contributed by atoms with van der Waals surface area (Å²) in [6.45, 7) is 2.40. The SMILES string of the molecule is CN(C)C1(CN=C(N)NC2CC2)CCOCC1.I. The molecule has 0 aromatic heterocycles. The van der Waals surface area contributed by atoms with Crippen molar-refractivity contribution in [3.63, 3.8) is 0 Å². The fourth-order valence-electron chi connectivity index (χ4n) is 2.21. The van der Waals surface area contributed by atoms with E-state index in [1.807, 2.05) is 0 Å². The third kappa shape index (κ3) is 4.24. The van der Waals surface area contributed by atoms with Gasteiger partial charge in [0.1, 0.15) is 0 Å². The summed E-state index contributed by atoms with van der Waals surface area (Å²) in [6, 6.07) is 0.573. The predicted octanol–water partition coefficient (Wildman–Crippen LogP) is 0.782. The number of nitrogens with one attached hydrogen (secondary N) is 1. The van der Waals surface area contributed by atoms with E-state index in [9.17, 15) is 0 Å². The van der Waals surface area contributed by atoms with Crippen molar-refractivity contribution in [2.75, 3.05) is 33.9 Å². The zero-order chi connectivity index (χ0) is 12.3. The van der Waals surface area contributed by atoms with E-state index in [2.05, 4.69) is 29.3 Å². The van der Waals surface area contributed by atoms with Gasteiger partial charge < -0.3 is 20.7 Å². The van der Waals surface area contributed by atoms with E-state index in [0.29, 0.717) is 12.0 Å². The Labute approximate surface area is 127 Å². The third-order valence-corrected chi connectivity index (χ3v) is 3.85. The fourth-order valence-corrected chi connectivity index (χ4v) is 2.21. The number of halogens is 1. The van der Waals surface area contributed by atoms with E-state index in [1.165, 1.54) is 12.8 Å². The number of hydrogen-bond acceptors (Lipinski definition) is 3. The number of guanidine groups is 1. The zero-order valence-electron chi connectivity index (χ0n) is 11.3. The van der Waals surface area contributed by atoms with E-state index in [1.54, 1.807) is 0 Å². The zero-order valence-corrected chi connectivity index (χ0v) is 13.6. The van der Waals surface area contributed by atoms with Crippen LogP contribution < -0.4 is 11.1 Å². The van der Waals surface area contributed by atoms with Gasteiger partial charge in [-0.1, -0.05) is 0 Å². The van der Waals surface area contributed by atoms with Gasteiger partial charge in [0.25, 0.3) is 0 Å². The van der Waals surface area contributed by atoms with Crippen molar-refractivity contribution in [1.82, 2.24) is 10.2 Å². The molecule has 0 bridgehead atoms. The lowest BCUT2D eigenvalue weighted by Crippen LogP contribution is -2.51. The number of nitrogens with two attached hydrogens (primary N) is 1. The van der Waals surface area contributed by atoms with Crippen LogP contribution in [0.15, 0.2) is 4.99 Å². The van der Waals surface area contributed by atoms with E-state index >= 15 is 0 Å². The maximum absolute atomic E-state index is 5.88. The molecule has 2 aliphatic rings. The van der Waals surface area contributed by atoms with Crippen molar-refractivity contribution in [2.45, 2.75) is 37.3 Å². The van der Waals surface area contributed by atoms with Crippen molar-refractivity contribution in [3.8, 4) is 0 Å². The Morgan fingerprint density at radius 3 is 2.50 bits per heavy atom. The monoisotopic (exact) mass is 368 g/mol. The number of likely N-dealkylation sites (N-methyl/N-ethyl adjacent to an activating group) is 1. The molecule has 1 heterocycles. The molecule has 5 nitrogen and oxygen atoms in total. The summed E-state index contributed by atoms with van der Waals surface area (Å²) in [4.78, 5) is 6.77. The normalized spacial score (nSPS) is 23.6. The summed E-state index contributed by atoms with van der Waals surface area (Å²) >= 11 is 0.